The van der Waals surface area contributed by atoms with Crippen molar-refractivity contribution < 1.29 is 0 Å². The molecule has 13 heterocycles. The summed E-state index contributed by atoms with van der Waals surface area (Å²) in [5, 5.41) is 0. The highest BCUT2D eigenvalue weighted by Gasteiger charge is 2.54. The minimum absolute atomic E-state index is 0.337. The molecule has 13 saturated heterocycles. The van der Waals surface area contributed by atoms with Crippen molar-refractivity contribution in [3.05, 3.63) is 0 Å². The van der Waals surface area contributed by atoms with Crippen LogP contribution >= 0.6 is 0 Å². The summed E-state index contributed by atoms with van der Waals surface area (Å²) in [5.41, 5.74) is 5.43. The lowest BCUT2D eigenvalue weighted by atomic mass is 9.63. The number of hydrogen-bond donors (Lipinski definition) is 0. The maximum Gasteiger partial charge on any atom is 0.0247 e. The predicted molar refractivity (Wildman–Crippen MR) is 451 cm³/mol. The minimum Gasteiger partial charge on any atom is -0.298 e. The Hall–Kier alpha value is -0.440. The van der Waals surface area contributed by atoms with Gasteiger partial charge in [-0.15, -0.1) is 0 Å². The summed E-state index contributed by atoms with van der Waals surface area (Å²) in [7, 11) is 0. The summed E-state index contributed by atoms with van der Waals surface area (Å²) in [6.07, 6.45) is 14.0. The molecule has 14 fully saturated rings. The van der Waals surface area contributed by atoms with E-state index in [4.69, 9.17) is 0 Å². The molecule has 0 amide bonds. The zero-order valence-electron chi connectivity index (χ0n) is 77.2. The normalized spacial score (nSPS) is 29.9. The summed E-state index contributed by atoms with van der Waals surface area (Å²) in [5.74, 6) is 2.78. The number of rotatable bonds is 0. The summed E-state index contributed by atoms with van der Waals surface area (Å²) in [6, 6.07) is 6.60. The monoisotopic (exact) mass is 1430 g/mol. The Morgan fingerprint density at radius 3 is 0.549 bits per heavy atom. The molecule has 13 aliphatic heterocycles. The second-order valence-corrected chi connectivity index (χ2v) is 49.2. The zero-order chi connectivity index (χ0) is 78.7. The van der Waals surface area contributed by atoms with Crippen LogP contribution in [0.3, 0.4) is 0 Å². The molecule has 14 rings (SSSR count). The van der Waals surface area contributed by atoms with Crippen molar-refractivity contribution in [1.82, 2.24) is 53.9 Å². The summed E-state index contributed by atoms with van der Waals surface area (Å²) >= 11 is 0. The van der Waals surface area contributed by atoms with Crippen molar-refractivity contribution in [2.45, 2.75) is 464 Å². The third-order valence-electron chi connectivity index (χ3n) is 26.8. The Bertz CT molecular complexity index is 2090. The van der Waals surface area contributed by atoms with E-state index in [1.807, 2.05) is 0 Å². The Kier molecular flexibility index (Phi) is 29.9. The lowest BCUT2D eigenvalue weighted by Crippen LogP contribution is -2.74. The highest BCUT2D eigenvalue weighted by Crippen LogP contribution is 2.51. The van der Waals surface area contributed by atoms with Crippen LogP contribution in [0.4, 0.5) is 0 Å². The standard InChI is InChI=1S/C14H27N.3C13H26N2.2C13H27N.C12H26N2/c1-13(2,3)10-7-11-9-12(8-10)15(11)14(4,5)6;1-12(2,3)14-8-11-7-10(14)9-15(11)13(4,5)6;2*1-12(2,3)14-8-10-7-11(9-14)15(10)13(4,5)6;2*1-12(2,3)11-7-9-14(10-8-11)13(4,5)6;1-11(2,3)13-7-9-14(10-8-13)12(4,5)6/h10-12H,7-9H2,1-6H3;3*10-11H,7-9H2,1-6H3;2*11H,7-10H2,1-6H3;7-10H2,1-6H3. The third-order valence-corrected chi connectivity index (χ3v) is 26.8. The molecule has 0 N–H and O–H groups in total. The van der Waals surface area contributed by atoms with E-state index in [2.05, 4.69) is 345 Å². The van der Waals surface area contributed by atoms with Gasteiger partial charge in [0.15, 0.2) is 0 Å². The van der Waals surface area contributed by atoms with E-state index in [1.165, 1.54) is 156 Å². The number of nitrogens with zero attached hydrogens (tertiary/aromatic N) is 11. The highest BCUT2D eigenvalue weighted by molar-refractivity contribution is 5.10. The third kappa shape index (κ3) is 25.8. The predicted octanol–water partition coefficient (Wildman–Crippen LogP) is 20.0. The van der Waals surface area contributed by atoms with Gasteiger partial charge in [-0.2, -0.15) is 0 Å². The van der Waals surface area contributed by atoms with E-state index in [0.29, 0.717) is 77.2 Å². The van der Waals surface area contributed by atoms with E-state index in [-0.39, 0.29) is 0 Å². The summed E-state index contributed by atoms with van der Waals surface area (Å²) in [4.78, 5) is 29.3. The molecule has 8 bridgehead atoms. The SMILES string of the molecule is CC(C)(C)C1CC2CC(C1)N2C(C)(C)C.CC(C)(C)C1CCN(C(C)(C)C)CC1.CC(C)(C)C1CCN(C(C)(C)C)CC1.CC(C)(C)N1CC2CC(C1)N2C(C)(C)C.CC(C)(C)N1CC2CC(C1)N2C(C)(C)C.CC(C)(C)N1CC2CC1CN2C(C)(C)C.CC(C)(C)N1CCN(C(C)(C)C)CC1. The molecule has 11 nitrogen and oxygen atoms in total. The number of likely N-dealkylation sites (tertiary alicyclic amines) is 4. The van der Waals surface area contributed by atoms with Crippen LogP contribution < -0.4 is 0 Å². The highest BCUT2D eigenvalue weighted by atomic mass is 15.4. The number of piperidine rings is 5. The first kappa shape index (κ1) is 92.2. The largest absolute Gasteiger partial charge is 0.298 e. The van der Waals surface area contributed by atoms with Crippen LogP contribution in [-0.2, 0) is 0 Å². The van der Waals surface area contributed by atoms with E-state index < -0.39 is 0 Å². The molecule has 1 saturated carbocycles. The van der Waals surface area contributed by atoms with Crippen LogP contribution in [0.15, 0.2) is 0 Å². The lowest BCUT2D eigenvalue weighted by molar-refractivity contribution is -0.137. The Balaban J connectivity index is 0.000000214. The Labute approximate surface area is 640 Å². The first-order chi connectivity index (χ1) is 45.4. The van der Waals surface area contributed by atoms with Crippen LogP contribution in [0.25, 0.3) is 0 Å². The number of fused-ring (bicyclic) bond motifs is 8. The van der Waals surface area contributed by atoms with Gasteiger partial charge in [0, 0.05) is 175 Å². The number of piperazine rings is 4. The molecule has 0 spiro atoms. The molecule has 1 aliphatic carbocycles. The van der Waals surface area contributed by atoms with Crippen molar-refractivity contribution in [1.29, 1.82) is 0 Å². The van der Waals surface area contributed by atoms with Crippen molar-refractivity contribution in [2.24, 2.45) is 34.0 Å². The molecule has 8 atom stereocenters. The average molecular weight is 1430 g/mol. The molecule has 0 radical (unpaired) electrons. The summed E-state index contributed by atoms with van der Waals surface area (Å²) < 4.78 is 0. The van der Waals surface area contributed by atoms with Gasteiger partial charge < -0.3 is 0 Å². The van der Waals surface area contributed by atoms with Crippen molar-refractivity contribution in [3.8, 4) is 0 Å². The molecule has 14 aliphatic rings. The van der Waals surface area contributed by atoms with Crippen LogP contribution in [0.5, 0.6) is 0 Å². The molecule has 8 unspecified atom stereocenters. The quantitative estimate of drug-likeness (QED) is 0.233. The van der Waals surface area contributed by atoms with Gasteiger partial charge in [-0.1, -0.05) is 62.3 Å². The van der Waals surface area contributed by atoms with Gasteiger partial charge in [0.1, 0.15) is 0 Å². The fraction of sp³-hybridized carbons (Fsp3) is 1.00. The molecule has 11 heteroatoms. The fourth-order valence-electron chi connectivity index (χ4n) is 20.4. The minimum atomic E-state index is 0.337. The molecule has 0 aromatic rings. The average Bonchev–Trinajstić information content (AvgIpc) is 1.01. The van der Waals surface area contributed by atoms with Gasteiger partial charge >= 0.3 is 0 Å². The van der Waals surface area contributed by atoms with Gasteiger partial charge in [-0.3, -0.25) is 53.9 Å². The van der Waals surface area contributed by atoms with E-state index >= 15 is 0 Å². The molecular formula is C91H185N11. The fourth-order valence-corrected chi connectivity index (χ4v) is 20.4. The van der Waals surface area contributed by atoms with E-state index in [9.17, 15) is 0 Å². The molecule has 0 aromatic heterocycles. The lowest BCUT2D eigenvalue weighted by Gasteiger charge is -2.63. The van der Waals surface area contributed by atoms with Crippen LogP contribution in [0.1, 0.15) is 355 Å². The smallest absolute Gasteiger partial charge is 0.0247 e. The van der Waals surface area contributed by atoms with Crippen LogP contribution in [0, 0.1) is 34.0 Å². The van der Waals surface area contributed by atoms with Crippen molar-refractivity contribution >= 4 is 0 Å². The zero-order valence-corrected chi connectivity index (χ0v) is 77.2. The Morgan fingerprint density at radius 2 is 0.363 bits per heavy atom. The van der Waals surface area contributed by atoms with Crippen molar-refractivity contribution in [2.75, 3.05) is 91.6 Å². The Morgan fingerprint density at radius 1 is 0.167 bits per heavy atom. The molecule has 0 aromatic carbocycles. The second-order valence-electron chi connectivity index (χ2n) is 49.2. The van der Waals surface area contributed by atoms with Crippen molar-refractivity contribution in [3.63, 3.8) is 0 Å². The first-order valence-electron chi connectivity index (χ1n) is 42.8. The second kappa shape index (κ2) is 33.1. The van der Waals surface area contributed by atoms with Crippen LogP contribution in [0.2, 0.25) is 0 Å². The van der Waals surface area contributed by atoms with Gasteiger partial charge in [-0.05, 0) is 353 Å². The van der Waals surface area contributed by atoms with Gasteiger partial charge in [0.05, 0.1) is 0 Å². The maximum absolute atomic E-state index is 2.76. The number of hydrogen-bond acceptors (Lipinski definition) is 11. The summed E-state index contributed by atoms with van der Waals surface area (Å²) in [6.45, 7) is 116. The van der Waals surface area contributed by atoms with Crippen LogP contribution in [-0.4, -0.2) is 255 Å². The maximum atomic E-state index is 2.76. The van der Waals surface area contributed by atoms with Gasteiger partial charge in [0.25, 0.3) is 0 Å². The topological polar surface area (TPSA) is 35.6 Å². The molecule has 604 valence electrons. The van der Waals surface area contributed by atoms with E-state index in [0.717, 1.165) is 66.1 Å². The van der Waals surface area contributed by atoms with Gasteiger partial charge in [0.2, 0.25) is 0 Å². The first-order valence-corrected chi connectivity index (χ1v) is 42.8. The molecule has 102 heavy (non-hydrogen) atoms. The van der Waals surface area contributed by atoms with Gasteiger partial charge in [-0.25, -0.2) is 0 Å². The molecular weight excluding hydrogens is 1250 g/mol. The van der Waals surface area contributed by atoms with E-state index in [1.54, 1.807) is 0 Å².